The lowest BCUT2D eigenvalue weighted by Crippen LogP contribution is -2.29. The molecule has 0 radical (unpaired) electrons. The summed E-state index contributed by atoms with van der Waals surface area (Å²) in [6.45, 7) is 3.84. The standard InChI is InChI=1S/C75H148NO8P/c1-3-5-7-9-11-13-15-17-19-21-23-25-27-29-30-31-32-33-34-35-36-37-38-39-40-41-42-44-45-47-49-51-53-55-57-59-61-63-65-67-74(77)81-71-73(72-83-85(79,80)82-70-69-76)84-75(78)68-66-64-62-60-58-56-54-52-50-48-46-43-28-26-24-22-20-18-16-14-12-10-8-6-4-2/h22,24,73H,3-21,23,25-72,76H2,1-2H3,(H,79,80)/b24-22-. The largest absolute Gasteiger partial charge is 0.472 e. The van der Waals surface area contributed by atoms with Crippen molar-refractivity contribution >= 4 is 19.8 Å². The number of unbranched alkanes of at least 4 members (excludes halogenated alkanes) is 59. The van der Waals surface area contributed by atoms with Crippen molar-refractivity contribution in [1.29, 1.82) is 0 Å². The summed E-state index contributed by atoms with van der Waals surface area (Å²) in [4.78, 5) is 35.4. The molecule has 2 unspecified atom stereocenters. The third-order valence-corrected chi connectivity index (χ3v) is 18.6. The Kier molecular flexibility index (Phi) is 70.8. The first-order valence-electron chi connectivity index (χ1n) is 38.2. The number of nitrogens with two attached hydrogens (primary N) is 1. The summed E-state index contributed by atoms with van der Waals surface area (Å²) in [5.74, 6) is -0.801. The predicted octanol–water partition coefficient (Wildman–Crippen LogP) is 25.1. The minimum Gasteiger partial charge on any atom is -0.462 e. The number of phosphoric ester groups is 1. The molecule has 0 fully saturated rings. The summed E-state index contributed by atoms with van der Waals surface area (Å²) in [6, 6.07) is 0. The van der Waals surface area contributed by atoms with Crippen molar-refractivity contribution in [3.63, 3.8) is 0 Å². The predicted molar refractivity (Wildman–Crippen MR) is 368 cm³/mol. The number of carbonyl (C=O) groups excluding carboxylic acids is 2. The Balaban J connectivity index is 3.72. The van der Waals surface area contributed by atoms with Crippen molar-refractivity contribution in [2.75, 3.05) is 26.4 Å². The van der Waals surface area contributed by atoms with Crippen molar-refractivity contribution < 1.29 is 37.6 Å². The van der Waals surface area contributed by atoms with Crippen LogP contribution < -0.4 is 5.73 Å². The van der Waals surface area contributed by atoms with Gasteiger partial charge < -0.3 is 20.1 Å². The average molecular weight is 1220 g/mol. The molecule has 10 heteroatoms. The van der Waals surface area contributed by atoms with Crippen LogP contribution in [0.5, 0.6) is 0 Å². The van der Waals surface area contributed by atoms with Crippen molar-refractivity contribution in [3.05, 3.63) is 12.2 Å². The number of rotatable bonds is 74. The number of phosphoric acid groups is 1. The van der Waals surface area contributed by atoms with Crippen LogP contribution in [-0.2, 0) is 32.7 Å². The van der Waals surface area contributed by atoms with E-state index in [1.54, 1.807) is 0 Å². The molecule has 85 heavy (non-hydrogen) atoms. The molecule has 9 nitrogen and oxygen atoms in total. The molecule has 0 saturated carbocycles. The topological polar surface area (TPSA) is 134 Å². The van der Waals surface area contributed by atoms with Crippen LogP contribution in [0.2, 0.25) is 0 Å². The molecule has 0 rings (SSSR count). The minimum absolute atomic E-state index is 0.0573. The molecule has 0 amide bonds. The molecule has 0 aliphatic carbocycles. The smallest absolute Gasteiger partial charge is 0.462 e. The fourth-order valence-corrected chi connectivity index (χ4v) is 12.8. The SMILES string of the molecule is CCCCCCCCCC/C=C\CCCCCCCCCCCCCCCC(=O)OC(COC(=O)CCCCCCCCCCCCCCCCCCCCCCCCCCCCCCCCCCCCCCCCC)COP(=O)(O)OCCN. The monoisotopic (exact) mass is 1220 g/mol. The second-order valence-corrected chi connectivity index (χ2v) is 27.7. The second kappa shape index (κ2) is 71.8. The molecule has 2 atom stereocenters. The van der Waals surface area contributed by atoms with Crippen LogP contribution in [0.1, 0.15) is 425 Å². The molecule has 0 aromatic carbocycles. The summed E-state index contributed by atoms with van der Waals surface area (Å²) >= 11 is 0. The van der Waals surface area contributed by atoms with Gasteiger partial charge in [0.15, 0.2) is 6.10 Å². The summed E-state index contributed by atoms with van der Waals surface area (Å²) in [5.41, 5.74) is 5.41. The molecular weight excluding hydrogens is 1070 g/mol. The van der Waals surface area contributed by atoms with E-state index < -0.39 is 26.5 Å². The Hall–Kier alpha value is -1.25. The lowest BCUT2D eigenvalue weighted by Gasteiger charge is -2.19. The number of hydrogen-bond acceptors (Lipinski definition) is 8. The number of ether oxygens (including phenoxy) is 2. The van der Waals surface area contributed by atoms with E-state index >= 15 is 0 Å². The van der Waals surface area contributed by atoms with Crippen molar-refractivity contribution in [1.82, 2.24) is 0 Å². The van der Waals surface area contributed by atoms with E-state index in [1.807, 2.05) is 0 Å². The van der Waals surface area contributed by atoms with E-state index in [-0.39, 0.29) is 38.6 Å². The summed E-state index contributed by atoms with van der Waals surface area (Å²) < 4.78 is 33.2. The van der Waals surface area contributed by atoms with Crippen LogP contribution in [0.3, 0.4) is 0 Å². The first-order valence-corrected chi connectivity index (χ1v) is 39.7. The van der Waals surface area contributed by atoms with E-state index in [9.17, 15) is 19.0 Å². The summed E-state index contributed by atoms with van der Waals surface area (Å²) in [7, 11) is -4.39. The molecule has 0 saturated heterocycles. The molecule has 0 aromatic heterocycles. The van der Waals surface area contributed by atoms with Crippen LogP contribution in [0.4, 0.5) is 0 Å². The Labute approximate surface area is 530 Å². The highest BCUT2D eigenvalue weighted by molar-refractivity contribution is 7.47. The zero-order chi connectivity index (χ0) is 61.6. The van der Waals surface area contributed by atoms with Gasteiger partial charge in [0.05, 0.1) is 13.2 Å². The van der Waals surface area contributed by atoms with Gasteiger partial charge in [0.1, 0.15) is 6.61 Å². The van der Waals surface area contributed by atoms with E-state index in [1.165, 1.54) is 360 Å². The van der Waals surface area contributed by atoms with Crippen LogP contribution in [0.25, 0.3) is 0 Å². The Morgan fingerprint density at radius 3 is 0.835 bits per heavy atom. The zero-order valence-corrected chi connectivity index (χ0v) is 58.0. The first kappa shape index (κ1) is 83.8. The highest BCUT2D eigenvalue weighted by atomic mass is 31.2. The van der Waals surface area contributed by atoms with Crippen LogP contribution in [0.15, 0.2) is 12.2 Å². The maximum atomic E-state index is 12.8. The van der Waals surface area contributed by atoms with Gasteiger partial charge in [-0.3, -0.25) is 18.6 Å². The highest BCUT2D eigenvalue weighted by Crippen LogP contribution is 2.43. The van der Waals surface area contributed by atoms with Gasteiger partial charge in [-0.2, -0.15) is 0 Å². The van der Waals surface area contributed by atoms with E-state index in [0.717, 1.165) is 32.1 Å². The first-order chi connectivity index (χ1) is 41.8. The van der Waals surface area contributed by atoms with Crippen molar-refractivity contribution in [2.24, 2.45) is 5.73 Å². The molecule has 0 aromatic rings. The van der Waals surface area contributed by atoms with Crippen LogP contribution in [0, 0.1) is 0 Å². The fraction of sp³-hybridized carbons (Fsp3) is 0.947. The van der Waals surface area contributed by atoms with Gasteiger partial charge in [-0.15, -0.1) is 0 Å². The molecule has 0 aliphatic rings. The summed E-state index contributed by atoms with van der Waals surface area (Å²) in [5, 5.41) is 0. The highest BCUT2D eigenvalue weighted by Gasteiger charge is 2.26. The lowest BCUT2D eigenvalue weighted by molar-refractivity contribution is -0.161. The Morgan fingerprint density at radius 2 is 0.576 bits per heavy atom. The molecule has 0 bridgehead atoms. The van der Waals surface area contributed by atoms with Gasteiger partial charge in [-0.1, -0.05) is 386 Å². The average Bonchev–Trinajstić information content (AvgIpc) is 3.52. The maximum absolute atomic E-state index is 12.8. The zero-order valence-electron chi connectivity index (χ0n) is 57.1. The second-order valence-electron chi connectivity index (χ2n) is 26.2. The number of hydrogen-bond donors (Lipinski definition) is 2. The molecular formula is C75H148NO8P. The summed E-state index contributed by atoms with van der Waals surface area (Å²) in [6.07, 6.45) is 87.8. The van der Waals surface area contributed by atoms with E-state index in [2.05, 4.69) is 26.0 Å². The normalized spacial score (nSPS) is 12.8. The van der Waals surface area contributed by atoms with Gasteiger partial charge in [-0.05, 0) is 38.5 Å². The van der Waals surface area contributed by atoms with Crippen LogP contribution in [-0.4, -0.2) is 49.3 Å². The lowest BCUT2D eigenvalue weighted by atomic mass is 10.0. The van der Waals surface area contributed by atoms with Gasteiger partial charge in [0, 0.05) is 19.4 Å². The molecule has 0 heterocycles. The fourth-order valence-electron chi connectivity index (χ4n) is 12.0. The van der Waals surface area contributed by atoms with Crippen molar-refractivity contribution in [2.45, 2.75) is 431 Å². The minimum atomic E-state index is -4.39. The molecule has 0 aliphatic heterocycles. The van der Waals surface area contributed by atoms with Gasteiger partial charge in [0.25, 0.3) is 0 Å². The van der Waals surface area contributed by atoms with E-state index in [0.29, 0.717) is 6.42 Å². The van der Waals surface area contributed by atoms with Gasteiger partial charge >= 0.3 is 19.8 Å². The molecule has 506 valence electrons. The van der Waals surface area contributed by atoms with E-state index in [4.69, 9.17) is 24.3 Å². The third kappa shape index (κ3) is 71.7. The molecule has 3 N–H and O–H groups in total. The quantitative estimate of drug-likeness (QED) is 0.0264. The number of carbonyl (C=O) groups is 2. The number of allylic oxidation sites excluding steroid dienone is 2. The van der Waals surface area contributed by atoms with Gasteiger partial charge in [0.2, 0.25) is 0 Å². The molecule has 0 spiro atoms. The Morgan fingerprint density at radius 1 is 0.341 bits per heavy atom. The van der Waals surface area contributed by atoms with Gasteiger partial charge in [-0.25, -0.2) is 4.57 Å². The van der Waals surface area contributed by atoms with Crippen molar-refractivity contribution in [3.8, 4) is 0 Å². The number of esters is 2. The maximum Gasteiger partial charge on any atom is 0.472 e. The third-order valence-electron chi connectivity index (χ3n) is 17.7. The van der Waals surface area contributed by atoms with Crippen LogP contribution >= 0.6 is 7.82 Å². The Bertz CT molecular complexity index is 1400.